The van der Waals surface area contributed by atoms with E-state index in [1.54, 1.807) is 6.42 Å². The van der Waals surface area contributed by atoms with Crippen molar-refractivity contribution >= 4 is 9.84 Å². The summed E-state index contributed by atoms with van der Waals surface area (Å²) in [5.74, 6) is 0.667. The van der Waals surface area contributed by atoms with E-state index in [0.717, 1.165) is 6.42 Å². The summed E-state index contributed by atoms with van der Waals surface area (Å²) in [5, 5.41) is 0. The molecule has 1 aliphatic heterocycles. The Hall–Kier alpha value is -0.0500. The molecular formula is C4H7O2S. The Morgan fingerprint density at radius 3 is 2.29 bits per heavy atom. The zero-order valence-corrected chi connectivity index (χ0v) is 4.74. The first kappa shape index (κ1) is 5.09. The van der Waals surface area contributed by atoms with Crippen molar-refractivity contribution in [3.05, 3.63) is 6.42 Å². The lowest BCUT2D eigenvalue weighted by Gasteiger charge is -1.81. The second-order valence-electron chi connectivity index (χ2n) is 1.69. The molecule has 0 unspecified atom stereocenters. The lowest BCUT2D eigenvalue weighted by molar-refractivity contribution is 0.602. The molecule has 0 bridgehead atoms. The van der Waals surface area contributed by atoms with Crippen LogP contribution in [0.3, 0.4) is 0 Å². The lowest BCUT2D eigenvalue weighted by Crippen LogP contribution is -1.98. The zero-order valence-electron chi connectivity index (χ0n) is 3.92. The first-order valence-electron chi connectivity index (χ1n) is 2.23. The standard InChI is InChI=1S/C4H7O2S/c5-7(6)3-1-2-4-7/h1H,2-4H2. The molecule has 3 heteroatoms. The number of rotatable bonds is 0. The summed E-state index contributed by atoms with van der Waals surface area (Å²) >= 11 is 0. The van der Waals surface area contributed by atoms with Gasteiger partial charge in [-0.1, -0.05) is 0 Å². The van der Waals surface area contributed by atoms with Crippen LogP contribution in [0.2, 0.25) is 0 Å². The van der Waals surface area contributed by atoms with Crippen molar-refractivity contribution in [2.24, 2.45) is 0 Å². The topological polar surface area (TPSA) is 34.1 Å². The van der Waals surface area contributed by atoms with Crippen LogP contribution in [0.1, 0.15) is 6.42 Å². The second-order valence-corrected chi connectivity index (χ2v) is 3.92. The highest BCUT2D eigenvalue weighted by Gasteiger charge is 2.16. The van der Waals surface area contributed by atoms with Gasteiger partial charge in [-0.3, -0.25) is 0 Å². The fourth-order valence-corrected chi connectivity index (χ4v) is 1.83. The third-order valence-corrected chi connectivity index (χ3v) is 2.61. The van der Waals surface area contributed by atoms with Crippen LogP contribution in [-0.2, 0) is 9.84 Å². The van der Waals surface area contributed by atoms with Crippen LogP contribution in [0.5, 0.6) is 0 Å². The molecule has 0 aromatic carbocycles. The Morgan fingerprint density at radius 1 is 1.43 bits per heavy atom. The highest BCUT2D eigenvalue weighted by atomic mass is 32.2. The Morgan fingerprint density at radius 2 is 2.14 bits per heavy atom. The maximum Gasteiger partial charge on any atom is 0.150 e. The van der Waals surface area contributed by atoms with Gasteiger partial charge in [0, 0.05) is 0 Å². The molecule has 0 aromatic heterocycles. The number of sulfone groups is 1. The van der Waals surface area contributed by atoms with Crippen molar-refractivity contribution in [2.75, 3.05) is 11.5 Å². The van der Waals surface area contributed by atoms with Gasteiger partial charge in [-0.05, 0) is 12.8 Å². The van der Waals surface area contributed by atoms with Gasteiger partial charge in [0.1, 0.15) is 0 Å². The van der Waals surface area contributed by atoms with E-state index in [1.165, 1.54) is 0 Å². The fourth-order valence-electron chi connectivity index (χ4n) is 0.609. The van der Waals surface area contributed by atoms with Gasteiger partial charge in [0.15, 0.2) is 9.84 Å². The lowest BCUT2D eigenvalue weighted by atomic mass is 10.4. The zero-order chi connectivity index (χ0) is 5.33. The largest absolute Gasteiger partial charge is 0.229 e. The molecule has 0 aromatic rings. The third kappa shape index (κ3) is 1.16. The smallest absolute Gasteiger partial charge is 0.150 e. The van der Waals surface area contributed by atoms with Crippen molar-refractivity contribution in [3.8, 4) is 0 Å². The first-order valence-corrected chi connectivity index (χ1v) is 4.05. The van der Waals surface area contributed by atoms with Gasteiger partial charge in [0.05, 0.1) is 11.5 Å². The highest BCUT2D eigenvalue weighted by molar-refractivity contribution is 7.91. The van der Waals surface area contributed by atoms with Gasteiger partial charge < -0.3 is 0 Å². The number of hydrogen-bond acceptors (Lipinski definition) is 2. The van der Waals surface area contributed by atoms with E-state index in [-0.39, 0.29) is 0 Å². The van der Waals surface area contributed by atoms with Gasteiger partial charge >= 0.3 is 0 Å². The van der Waals surface area contributed by atoms with Crippen molar-refractivity contribution in [3.63, 3.8) is 0 Å². The van der Waals surface area contributed by atoms with Crippen molar-refractivity contribution < 1.29 is 8.42 Å². The quantitative estimate of drug-likeness (QED) is 0.450. The van der Waals surface area contributed by atoms with E-state index in [1.807, 2.05) is 0 Å². The Balaban J connectivity index is 2.76. The van der Waals surface area contributed by atoms with Crippen LogP contribution in [-0.4, -0.2) is 19.9 Å². The fraction of sp³-hybridized carbons (Fsp3) is 0.750. The molecule has 0 saturated carbocycles. The second kappa shape index (κ2) is 1.47. The summed E-state index contributed by atoms with van der Waals surface area (Å²) in [4.78, 5) is 0. The van der Waals surface area contributed by atoms with Gasteiger partial charge in [-0.2, -0.15) is 0 Å². The van der Waals surface area contributed by atoms with E-state index in [4.69, 9.17) is 0 Å². The molecule has 1 rings (SSSR count). The number of hydrogen-bond donors (Lipinski definition) is 0. The SMILES string of the molecule is O=S1(=O)C[CH]CC1. The summed E-state index contributed by atoms with van der Waals surface area (Å²) in [7, 11) is -2.60. The average molecular weight is 119 g/mol. The predicted molar refractivity (Wildman–Crippen MR) is 27.6 cm³/mol. The maximum atomic E-state index is 10.4. The van der Waals surface area contributed by atoms with Crippen LogP contribution in [0.4, 0.5) is 0 Å². The molecule has 2 nitrogen and oxygen atoms in total. The van der Waals surface area contributed by atoms with Crippen LogP contribution in [0, 0.1) is 6.42 Å². The van der Waals surface area contributed by atoms with E-state index in [2.05, 4.69) is 0 Å². The molecular weight excluding hydrogens is 112 g/mol. The van der Waals surface area contributed by atoms with Crippen LogP contribution >= 0.6 is 0 Å². The van der Waals surface area contributed by atoms with Crippen LogP contribution in [0.25, 0.3) is 0 Å². The van der Waals surface area contributed by atoms with Crippen LogP contribution < -0.4 is 0 Å². The van der Waals surface area contributed by atoms with E-state index in [0.29, 0.717) is 11.5 Å². The molecule has 0 aliphatic carbocycles. The van der Waals surface area contributed by atoms with Gasteiger partial charge in [-0.25, -0.2) is 8.42 Å². The van der Waals surface area contributed by atoms with Crippen molar-refractivity contribution in [2.45, 2.75) is 6.42 Å². The Labute approximate surface area is 43.5 Å². The monoisotopic (exact) mass is 119 g/mol. The normalized spacial score (nSPS) is 28.0. The van der Waals surface area contributed by atoms with Gasteiger partial charge in [0.2, 0.25) is 0 Å². The average Bonchev–Trinajstić information content (AvgIpc) is 1.84. The summed E-state index contributed by atoms with van der Waals surface area (Å²) in [6, 6.07) is 0. The van der Waals surface area contributed by atoms with Crippen LogP contribution in [0.15, 0.2) is 0 Å². The third-order valence-electron chi connectivity index (χ3n) is 1.00. The summed E-state index contributed by atoms with van der Waals surface area (Å²) in [6.07, 6.45) is 2.55. The van der Waals surface area contributed by atoms with E-state index >= 15 is 0 Å². The molecule has 1 fully saturated rings. The molecule has 0 N–H and O–H groups in total. The molecule has 0 atom stereocenters. The molecule has 1 aliphatic rings. The molecule has 1 saturated heterocycles. The highest BCUT2D eigenvalue weighted by Crippen LogP contribution is 2.07. The summed E-state index contributed by atoms with van der Waals surface area (Å²) in [5.41, 5.74) is 0. The molecule has 41 valence electrons. The minimum atomic E-state index is -2.60. The minimum absolute atomic E-state index is 0.299. The maximum absolute atomic E-state index is 10.4. The summed E-state index contributed by atoms with van der Waals surface area (Å²) < 4.78 is 20.8. The molecule has 1 radical (unpaired) electrons. The molecule has 0 amide bonds. The Bertz CT molecular complexity index is 133. The molecule has 1 heterocycles. The summed E-state index contributed by atoms with van der Waals surface area (Å²) in [6.45, 7) is 0. The van der Waals surface area contributed by atoms with E-state index < -0.39 is 9.84 Å². The van der Waals surface area contributed by atoms with Crippen molar-refractivity contribution in [1.82, 2.24) is 0 Å². The predicted octanol–water partition coefficient (Wildman–Crippen LogP) is 0.00919. The van der Waals surface area contributed by atoms with Gasteiger partial charge in [-0.15, -0.1) is 0 Å². The van der Waals surface area contributed by atoms with Gasteiger partial charge in [0.25, 0.3) is 0 Å². The molecule has 0 spiro atoms. The van der Waals surface area contributed by atoms with E-state index in [9.17, 15) is 8.42 Å². The Kier molecular flexibility index (Phi) is 1.07. The van der Waals surface area contributed by atoms with Crippen molar-refractivity contribution in [1.29, 1.82) is 0 Å². The molecule has 7 heavy (non-hydrogen) atoms. The first-order chi connectivity index (χ1) is 3.21. The minimum Gasteiger partial charge on any atom is -0.229 e.